The second-order valence-corrected chi connectivity index (χ2v) is 9.48. The molecule has 1 aromatic heterocycles. The van der Waals surface area contributed by atoms with Crippen molar-refractivity contribution >= 4 is 15.6 Å². The van der Waals surface area contributed by atoms with Crippen molar-refractivity contribution in [3.05, 3.63) is 82.0 Å². The molecule has 3 aromatic rings. The highest BCUT2D eigenvalue weighted by atomic mass is 32.2. The standard InChI is InChI=1S/C22H20FNO4S/c1-13-18(11-14-3-7-16(23)8-4-14)17(9-10-20(13)29(2,26)27)21(25)19-12-24-28-22(19)15-5-6-15/h3-4,7-10,12,15H,5-6,11H2,1-2H3. The summed E-state index contributed by atoms with van der Waals surface area (Å²) in [6.07, 6.45) is 4.80. The molecule has 29 heavy (non-hydrogen) atoms. The third kappa shape index (κ3) is 3.87. The van der Waals surface area contributed by atoms with E-state index < -0.39 is 9.84 Å². The first-order chi connectivity index (χ1) is 13.8. The van der Waals surface area contributed by atoms with Gasteiger partial charge in [0.15, 0.2) is 21.4 Å². The molecule has 1 aliphatic carbocycles. The van der Waals surface area contributed by atoms with Crippen molar-refractivity contribution < 1.29 is 22.1 Å². The number of hydrogen-bond donors (Lipinski definition) is 0. The number of hydrogen-bond acceptors (Lipinski definition) is 5. The van der Waals surface area contributed by atoms with Crippen LogP contribution < -0.4 is 0 Å². The molecule has 0 bridgehead atoms. The Hall–Kier alpha value is -2.80. The van der Waals surface area contributed by atoms with Crippen molar-refractivity contribution in [1.82, 2.24) is 5.16 Å². The number of rotatable bonds is 6. The Labute approximate surface area is 168 Å². The molecule has 0 spiro atoms. The molecular formula is C22H20FNO4S. The summed E-state index contributed by atoms with van der Waals surface area (Å²) in [6.45, 7) is 1.70. The van der Waals surface area contributed by atoms with E-state index in [1.54, 1.807) is 25.1 Å². The number of carbonyl (C=O) groups excluding carboxylic acids is 1. The summed E-state index contributed by atoms with van der Waals surface area (Å²) in [5.41, 5.74) is 2.73. The number of benzene rings is 2. The maximum Gasteiger partial charge on any atom is 0.198 e. The fourth-order valence-corrected chi connectivity index (χ4v) is 4.58. The maximum absolute atomic E-state index is 13.3. The minimum Gasteiger partial charge on any atom is -0.360 e. The zero-order valence-corrected chi connectivity index (χ0v) is 16.9. The normalized spacial score (nSPS) is 14.2. The van der Waals surface area contributed by atoms with E-state index in [2.05, 4.69) is 5.16 Å². The molecule has 1 saturated carbocycles. The molecule has 0 saturated heterocycles. The number of ketones is 1. The monoisotopic (exact) mass is 413 g/mol. The van der Waals surface area contributed by atoms with Crippen LogP contribution in [0.5, 0.6) is 0 Å². The summed E-state index contributed by atoms with van der Waals surface area (Å²) in [6, 6.07) is 8.97. The molecule has 0 radical (unpaired) electrons. The molecule has 0 amide bonds. The molecule has 1 aliphatic rings. The van der Waals surface area contributed by atoms with Crippen LogP contribution in [-0.2, 0) is 16.3 Å². The van der Waals surface area contributed by atoms with E-state index in [1.807, 2.05) is 0 Å². The molecule has 7 heteroatoms. The Morgan fingerprint density at radius 1 is 1.14 bits per heavy atom. The van der Waals surface area contributed by atoms with Crippen LogP contribution in [0.2, 0.25) is 0 Å². The summed E-state index contributed by atoms with van der Waals surface area (Å²) in [5, 5.41) is 3.80. The highest BCUT2D eigenvalue weighted by molar-refractivity contribution is 7.90. The molecule has 0 atom stereocenters. The molecule has 0 unspecified atom stereocenters. The summed E-state index contributed by atoms with van der Waals surface area (Å²) in [5.74, 6) is 0.208. The molecule has 150 valence electrons. The van der Waals surface area contributed by atoms with Gasteiger partial charge >= 0.3 is 0 Å². The highest BCUT2D eigenvalue weighted by Crippen LogP contribution is 2.42. The average molecular weight is 413 g/mol. The number of aromatic nitrogens is 1. The van der Waals surface area contributed by atoms with Gasteiger partial charge in [-0.05, 0) is 67.1 Å². The van der Waals surface area contributed by atoms with Crippen LogP contribution in [0.1, 0.15) is 57.1 Å². The van der Waals surface area contributed by atoms with E-state index in [1.165, 1.54) is 24.4 Å². The predicted octanol–water partition coefficient (Wildman–Crippen LogP) is 4.22. The second kappa shape index (κ2) is 7.22. The smallest absolute Gasteiger partial charge is 0.198 e. The van der Waals surface area contributed by atoms with Crippen molar-refractivity contribution in [2.75, 3.05) is 6.26 Å². The number of halogens is 1. The van der Waals surface area contributed by atoms with E-state index in [0.717, 1.165) is 24.7 Å². The summed E-state index contributed by atoms with van der Waals surface area (Å²) in [4.78, 5) is 13.5. The Kier molecular flexibility index (Phi) is 4.86. The quantitative estimate of drug-likeness (QED) is 0.566. The van der Waals surface area contributed by atoms with Gasteiger partial charge in [-0.15, -0.1) is 0 Å². The second-order valence-electron chi connectivity index (χ2n) is 7.50. The maximum atomic E-state index is 13.3. The summed E-state index contributed by atoms with van der Waals surface area (Å²) in [7, 11) is -3.47. The van der Waals surface area contributed by atoms with Crippen LogP contribution in [0.4, 0.5) is 4.39 Å². The van der Waals surface area contributed by atoms with E-state index >= 15 is 0 Å². The average Bonchev–Trinajstić information content (AvgIpc) is 3.40. The lowest BCUT2D eigenvalue weighted by Crippen LogP contribution is -2.12. The van der Waals surface area contributed by atoms with Crippen LogP contribution in [0.15, 0.2) is 52.0 Å². The number of nitrogens with zero attached hydrogens (tertiary/aromatic N) is 1. The van der Waals surface area contributed by atoms with Crippen LogP contribution in [-0.4, -0.2) is 25.6 Å². The first-order valence-corrected chi connectivity index (χ1v) is 11.2. The van der Waals surface area contributed by atoms with Crippen molar-refractivity contribution in [3.63, 3.8) is 0 Å². The summed E-state index contributed by atoms with van der Waals surface area (Å²) >= 11 is 0. The van der Waals surface area contributed by atoms with E-state index in [9.17, 15) is 17.6 Å². The van der Waals surface area contributed by atoms with Gasteiger partial charge in [0.05, 0.1) is 16.7 Å². The Bertz CT molecular complexity index is 1190. The van der Waals surface area contributed by atoms with Gasteiger partial charge in [0.2, 0.25) is 0 Å². The van der Waals surface area contributed by atoms with Gasteiger partial charge < -0.3 is 4.52 Å². The first-order valence-electron chi connectivity index (χ1n) is 9.32. The van der Waals surface area contributed by atoms with E-state index in [0.29, 0.717) is 34.4 Å². The molecule has 1 fully saturated rings. The molecule has 1 heterocycles. The molecular weight excluding hydrogens is 393 g/mol. The molecule has 0 N–H and O–H groups in total. The lowest BCUT2D eigenvalue weighted by molar-refractivity contribution is 0.103. The topological polar surface area (TPSA) is 77.2 Å². The fraction of sp³-hybridized carbons (Fsp3) is 0.273. The van der Waals surface area contributed by atoms with Gasteiger partial charge in [0, 0.05) is 17.7 Å². The zero-order chi connectivity index (χ0) is 20.8. The third-order valence-corrected chi connectivity index (χ3v) is 6.52. The SMILES string of the molecule is Cc1c(S(C)(=O)=O)ccc(C(=O)c2cnoc2C2CC2)c1Cc1ccc(F)cc1. The van der Waals surface area contributed by atoms with Gasteiger partial charge in [-0.2, -0.15) is 0 Å². The Balaban J connectivity index is 1.84. The van der Waals surface area contributed by atoms with Crippen LogP contribution >= 0.6 is 0 Å². The summed E-state index contributed by atoms with van der Waals surface area (Å²) < 4.78 is 43.0. The zero-order valence-electron chi connectivity index (χ0n) is 16.1. The van der Waals surface area contributed by atoms with Crippen molar-refractivity contribution in [1.29, 1.82) is 0 Å². The van der Waals surface area contributed by atoms with Crippen LogP contribution in [0.25, 0.3) is 0 Å². The van der Waals surface area contributed by atoms with Gasteiger partial charge in [0.1, 0.15) is 5.82 Å². The van der Waals surface area contributed by atoms with E-state index in [4.69, 9.17) is 4.52 Å². The number of sulfone groups is 1. The Morgan fingerprint density at radius 2 is 1.83 bits per heavy atom. The van der Waals surface area contributed by atoms with Crippen molar-refractivity contribution in [3.8, 4) is 0 Å². The Morgan fingerprint density at radius 3 is 2.45 bits per heavy atom. The minimum absolute atomic E-state index is 0.180. The fourth-order valence-electron chi connectivity index (χ4n) is 3.59. The molecule has 0 aliphatic heterocycles. The molecule has 2 aromatic carbocycles. The lowest BCUT2D eigenvalue weighted by atomic mass is 9.91. The largest absolute Gasteiger partial charge is 0.360 e. The molecule has 4 rings (SSSR count). The number of carbonyl (C=O) groups is 1. The molecule has 5 nitrogen and oxygen atoms in total. The van der Waals surface area contributed by atoms with Gasteiger partial charge in [0.25, 0.3) is 0 Å². The lowest BCUT2D eigenvalue weighted by Gasteiger charge is -2.15. The van der Waals surface area contributed by atoms with Crippen LogP contribution in [0, 0.1) is 12.7 Å². The van der Waals surface area contributed by atoms with Gasteiger partial charge in [-0.3, -0.25) is 4.79 Å². The van der Waals surface area contributed by atoms with E-state index in [-0.39, 0.29) is 22.4 Å². The van der Waals surface area contributed by atoms with Crippen molar-refractivity contribution in [2.24, 2.45) is 0 Å². The third-order valence-electron chi connectivity index (χ3n) is 5.28. The van der Waals surface area contributed by atoms with Crippen LogP contribution in [0.3, 0.4) is 0 Å². The highest BCUT2D eigenvalue weighted by Gasteiger charge is 2.33. The van der Waals surface area contributed by atoms with Crippen molar-refractivity contribution in [2.45, 2.75) is 37.0 Å². The van der Waals surface area contributed by atoms with Gasteiger partial charge in [-0.25, -0.2) is 12.8 Å². The minimum atomic E-state index is -3.47. The predicted molar refractivity (Wildman–Crippen MR) is 105 cm³/mol. The first kappa shape index (κ1) is 19.5. The van der Waals surface area contributed by atoms with Gasteiger partial charge in [-0.1, -0.05) is 17.3 Å².